The van der Waals surface area contributed by atoms with Gasteiger partial charge in [0, 0.05) is 53.2 Å². The summed E-state index contributed by atoms with van der Waals surface area (Å²) in [6.07, 6.45) is 4.87. The fourth-order valence-corrected chi connectivity index (χ4v) is 4.50. The van der Waals surface area contributed by atoms with Gasteiger partial charge in [-0.2, -0.15) is 0 Å². The van der Waals surface area contributed by atoms with Crippen LogP contribution in [0.1, 0.15) is 37.9 Å². The molecule has 1 aliphatic rings. The number of carbonyl (C=O) groups is 2. The van der Waals surface area contributed by atoms with Crippen LogP contribution in [-0.4, -0.2) is 40.3 Å². The third-order valence-electron chi connectivity index (χ3n) is 6.55. The van der Waals surface area contributed by atoms with E-state index in [1.54, 1.807) is 48.7 Å². The average Bonchev–Trinajstić information content (AvgIpc) is 3.32. The van der Waals surface area contributed by atoms with Gasteiger partial charge in [0.1, 0.15) is 0 Å². The second-order valence-electron chi connectivity index (χ2n) is 10.2. The molecule has 0 saturated carbocycles. The van der Waals surface area contributed by atoms with Gasteiger partial charge in [-0.25, -0.2) is 0 Å². The largest absolute Gasteiger partial charge is 0.397 e. The summed E-state index contributed by atoms with van der Waals surface area (Å²) in [6.45, 7) is 7.82. The van der Waals surface area contributed by atoms with E-state index < -0.39 is 0 Å². The lowest BCUT2D eigenvalue weighted by Gasteiger charge is -2.31. The summed E-state index contributed by atoms with van der Waals surface area (Å²) in [5, 5.41) is 6.42. The summed E-state index contributed by atoms with van der Waals surface area (Å²) >= 11 is 5.98. The number of aromatic nitrogens is 1. The number of rotatable bonds is 6. The van der Waals surface area contributed by atoms with E-state index >= 15 is 0 Å². The fourth-order valence-electron chi connectivity index (χ4n) is 4.38. The van der Waals surface area contributed by atoms with Gasteiger partial charge in [-0.05, 0) is 74.9 Å². The molecule has 2 amide bonds. The van der Waals surface area contributed by atoms with E-state index in [0.717, 1.165) is 17.8 Å². The van der Waals surface area contributed by atoms with Crippen LogP contribution in [0.2, 0.25) is 5.02 Å². The normalized spacial score (nSPS) is 18.2. The number of carbonyl (C=O) groups excluding carboxylic acids is 2. The molecule has 1 aliphatic heterocycles. The number of nitrogens with one attached hydrogen (secondary N) is 2. The Labute approximate surface area is 222 Å². The van der Waals surface area contributed by atoms with E-state index in [2.05, 4.69) is 41.3 Å². The van der Waals surface area contributed by atoms with Crippen molar-refractivity contribution in [2.45, 2.75) is 32.2 Å². The van der Waals surface area contributed by atoms with Crippen molar-refractivity contribution in [2.24, 2.45) is 5.92 Å². The molecular formula is C29H32ClN5O2. The highest BCUT2D eigenvalue weighted by Crippen LogP contribution is 2.36. The van der Waals surface area contributed by atoms with Gasteiger partial charge >= 0.3 is 0 Å². The first-order valence-corrected chi connectivity index (χ1v) is 12.6. The predicted molar refractivity (Wildman–Crippen MR) is 150 cm³/mol. The highest BCUT2D eigenvalue weighted by molar-refractivity contribution is 6.30. The van der Waals surface area contributed by atoms with Gasteiger partial charge in [-0.1, -0.05) is 29.8 Å². The first kappa shape index (κ1) is 26.4. The molecule has 1 aromatic heterocycles. The SMILES string of the molecule is CC(C)(C)N1CC(C(=O)Nc2ccc(Cl)cc2)C(c2ccc(/C=C/C(=O)Nc3ccccc3N)cn2)C1. The summed E-state index contributed by atoms with van der Waals surface area (Å²) < 4.78 is 0. The van der Waals surface area contributed by atoms with E-state index in [9.17, 15) is 9.59 Å². The maximum Gasteiger partial charge on any atom is 0.248 e. The zero-order valence-electron chi connectivity index (χ0n) is 21.2. The van der Waals surface area contributed by atoms with Crippen LogP contribution in [0.3, 0.4) is 0 Å². The minimum Gasteiger partial charge on any atom is -0.397 e. The van der Waals surface area contributed by atoms with Crippen LogP contribution in [0.4, 0.5) is 17.1 Å². The molecule has 1 fully saturated rings. The topological polar surface area (TPSA) is 100 Å². The average molecular weight is 518 g/mol. The number of hydrogen-bond acceptors (Lipinski definition) is 5. The molecule has 192 valence electrons. The number of benzene rings is 2. The number of nitrogens with two attached hydrogens (primary N) is 1. The van der Waals surface area contributed by atoms with Crippen LogP contribution >= 0.6 is 11.6 Å². The highest BCUT2D eigenvalue weighted by Gasteiger charge is 2.42. The van der Waals surface area contributed by atoms with Crippen LogP contribution in [0.15, 0.2) is 72.9 Å². The van der Waals surface area contributed by atoms with Crippen molar-refractivity contribution in [1.82, 2.24) is 9.88 Å². The molecule has 2 unspecified atom stereocenters. The smallest absolute Gasteiger partial charge is 0.248 e. The molecule has 1 saturated heterocycles. The Morgan fingerprint density at radius 1 is 1.03 bits per heavy atom. The first-order chi connectivity index (χ1) is 17.6. The number of anilines is 3. The molecule has 0 aliphatic carbocycles. The number of nitrogens with zero attached hydrogens (tertiary/aromatic N) is 2. The minimum absolute atomic E-state index is 0.0401. The zero-order valence-corrected chi connectivity index (χ0v) is 22.0. The number of likely N-dealkylation sites (tertiary alicyclic amines) is 1. The second kappa shape index (κ2) is 11.2. The van der Waals surface area contributed by atoms with E-state index in [1.165, 1.54) is 6.08 Å². The van der Waals surface area contributed by atoms with E-state index in [0.29, 0.717) is 28.6 Å². The summed E-state index contributed by atoms with van der Waals surface area (Å²) in [4.78, 5) is 32.6. The van der Waals surface area contributed by atoms with Crippen LogP contribution in [0.25, 0.3) is 6.08 Å². The Balaban J connectivity index is 1.47. The molecule has 0 radical (unpaired) electrons. The minimum atomic E-state index is -0.280. The Morgan fingerprint density at radius 2 is 1.76 bits per heavy atom. The van der Waals surface area contributed by atoms with Crippen LogP contribution in [-0.2, 0) is 9.59 Å². The van der Waals surface area contributed by atoms with E-state index in [1.807, 2.05) is 24.3 Å². The van der Waals surface area contributed by atoms with Gasteiger partial charge in [-0.15, -0.1) is 0 Å². The Kier molecular flexibility index (Phi) is 7.95. The summed E-state index contributed by atoms with van der Waals surface area (Å²) in [7, 11) is 0. The number of para-hydroxylation sites is 2. The Hall–Kier alpha value is -3.68. The highest BCUT2D eigenvalue weighted by atomic mass is 35.5. The van der Waals surface area contributed by atoms with Crippen molar-refractivity contribution < 1.29 is 9.59 Å². The standard InChI is InChI=1S/C29H32ClN5O2/c1-29(2,3)35-17-22(23(18-35)28(37)33-21-12-10-20(30)11-13-21)25-14-8-19(16-32-25)9-15-27(36)34-26-7-5-4-6-24(26)31/h4-16,22-23H,17-18,31H2,1-3H3,(H,33,37)(H,34,36)/b15-9+. The van der Waals surface area contributed by atoms with E-state index in [-0.39, 0.29) is 29.2 Å². The molecule has 4 N–H and O–H groups in total. The lowest BCUT2D eigenvalue weighted by Crippen LogP contribution is -2.40. The van der Waals surface area contributed by atoms with Gasteiger partial charge in [-0.3, -0.25) is 19.5 Å². The maximum absolute atomic E-state index is 13.3. The Bertz CT molecular complexity index is 1280. The molecule has 2 aromatic carbocycles. The van der Waals surface area contributed by atoms with Gasteiger partial charge < -0.3 is 16.4 Å². The van der Waals surface area contributed by atoms with Crippen molar-refractivity contribution in [3.63, 3.8) is 0 Å². The van der Waals surface area contributed by atoms with Crippen molar-refractivity contribution in [2.75, 3.05) is 29.5 Å². The van der Waals surface area contributed by atoms with Crippen molar-refractivity contribution in [3.8, 4) is 0 Å². The quantitative estimate of drug-likeness (QED) is 0.299. The third kappa shape index (κ3) is 6.76. The van der Waals surface area contributed by atoms with Crippen LogP contribution in [0, 0.1) is 5.92 Å². The lowest BCUT2D eigenvalue weighted by atomic mass is 9.91. The molecule has 7 nitrogen and oxygen atoms in total. The molecule has 37 heavy (non-hydrogen) atoms. The Morgan fingerprint density at radius 3 is 2.41 bits per heavy atom. The molecular weight excluding hydrogens is 486 g/mol. The molecule has 0 bridgehead atoms. The first-order valence-electron chi connectivity index (χ1n) is 12.2. The van der Waals surface area contributed by atoms with Crippen molar-refractivity contribution in [3.05, 3.63) is 89.2 Å². The van der Waals surface area contributed by atoms with Crippen molar-refractivity contribution in [1.29, 1.82) is 0 Å². The number of nitrogen functional groups attached to an aromatic ring is 1. The number of halogens is 1. The van der Waals surface area contributed by atoms with Crippen LogP contribution < -0.4 is 16.4 Å². The van der Waals surface area contributed by atoms with Crippen LogP contribution in [0.5, 0.6) is 0 Å². The number of pyridine rings is 1. The van der Waals surface area contributed by atoms with Gasteiger partial charge in [0.25, 0.3) is 0 Å². The fraction of sp³-hybridized carbons (Fsp3) is 0.276. The summed E-state index contributed by atoms with van der Waals surface area (Å²) in [6, 6.07) is 18.1. The predicted octanol–water partition coefficient (Wildman–Crippen LogP) is 5.42. The van der Waals surface area contributed by atoms with Gasteiger partial charge in [0.2, 0.25) is 11.8 Å². The number of hydrogen-bond donors (Lipinski definition) is 3. The van der Waals surface area contributed by atoms with Gasteiger partial charge in [0.05, 0.1) is 17.3 Å². The third-order valence-corrected chi connectivity index (χ3v) is 6.80. The molecule has 4 rings (SSSR count). The molecule has 0 spiro atoms. The monoisotopic (exact) mass is 517 g/mol. The second-order valence-corrected chi connectivity index (χ2v) is 10.6. The summed E-state index contributed by atoms with van der Waals surface area (Å²) in [5.41, 5.74) is 9.23. The van der Waals surface area contributed by atoms with E-state index in [4.69, 9.17) is 17.3 Å². The maximum atomic E-state index is 13.3. The lowest BCUT2D eigenvalue weighted by molar-refractivity contribution is -0.120. The zero-order chi connectivity index (χ0) is 26.6. The number of amides is 2. The van der Waals surface area contributed by atoms with Gasteiger partial charge in [0.15, 0.2) is 0 Å². The molecule has 2 atom stereocenters. The molecule has 2 heterocycles. The summed E-state index contributed by atoms with van der Waals surface area (Å²) in [5.74, 6) is -0.640. The molecule has 8 heteroatoms. The van der Waals surface area contributed by atoms with Crippen molar-refractivity contribution >= 4 is 46.6 Å². The molecule has 3 aromatic rings.